The van der Waals surface area contributed by atoms with Crippen molar-refractivity contribution in [2.45, 2.75) is 32.2 Å². The van der Waals surface area contributed by atoms with Crippen molar-refractivity contribution in [2.24, 2.45) is 5.73 Å². The smallest absolute Gasteiger partial charge is 0.163 e. The summed E-state index contributed by atoms with van der Waals surface area (Å²) >= 11 is 0. The van der Waals surface area contributed by atoms with Crippen LogP contribution in [0, 0.1) is 11.6 Å². The van der Waals surface area contributed by atoms with E-state index < -0.39 is 17.7 Å². The van der Waals surface area contributed by atoms with Gasteiger partial charge in [-0.3, -0.25) is 0 Å². The van der Waals surface area contributed by atoms with Crippen LogP contribution >= 0.6 is 0 Å². The SMILES string of the molecule is CCCCN(C)CCC(N)c1cccc(F)c1F. The van der Waals surface area contributed by atoms with Gasteiger partial charge in [0.25, 0.3) is 0 Å². The van der Waals surface area contributed by atoms with Crippen LogP contribution in [0.3, 0.4) is 0 Å². The summed E-state index contributed by atoms with van der Waals surface area (Å²) in [6.45, 7) is 3.94. The molecule has 0 bridgehead atoms. The van der Waals surface area contributed by atoms with E-state index in [4.69, 9.17) is 5.73 Å². The molecular weight excluding hydrogens is 234 g/mol. The van der Waals surface area contributed by atoms with E-state index in [9.17, 15) is 8.78 Å². The molecule has 0 saturated heterocycles. The van der Waals surface area contributed by atoms with Crippen LogP contribution in [0.4, 0.5) is 8.78 Å². The van der Waals surface area contributed by atoms with Crippen molar-refractivity contribution in [3.63, 3.8) is 0 Å². The first-order valence-corrected chi connectivity index (χ1v) is 6.44. The predicted octanol–water partition coefficient (Wildman–Crippen LogP) is 3.09. The van der Waals surface area contributed by atoms with Crippen molar-refractivity contribution in [1.29, 1.82) is 0 Å². The van der Waals surface area contributed by atoms with Gasteiger partial charge in [0.05, 0.1) is 0 Å². The Kier molecular flexibility index (Phi) is 6.22. The van der Waals surface area contributed by atoms with E-state index in [1.54, 1.807) is 6.07 Å². The number of nitrogens with zero attached hydrogens (tertiary/aromatic N) is 1. The van der Waals surface area contributed by atoms with Crippen LogP contribution in [0.25, 0.3) is 0 Å². The minimum absolute atomic E-state index is 0.263. The number of nitrogens with two attached hydrogens (primary N) is 1. The molecule has 0 saturated carbocycles. The van der Waals surface area contributed by atoms with Crippen LogP contribution in [-0.4, -0.2) is 25.0 Å². The van der Waals surface area contributed by atoms with Crippen molar-refractivity contribution < 1.29 is 8.78 Å². The number of halogens is 2. The molecule has 0 spiro atoms. The number of rotatable bonds is 7. The Balaban J connectivity index is 2.50. The second-order valence-corrected chi connectivity index (χ2v) is 4.70. The van der Waals surface area contributed by atoms with E-state index >= 15 is 0 Å². The highest BCUT2D eigenvalue weighted by molar-refractivity contribution is 5.22. The molecule has 0 amide bonds. The molecule has 0 heterocycles. The largest absolute Gasteiger partial charge is 0.324 e. The van der Waals surface area contributed by atoms with E-state index in [-0.39, 0.29) is 5.56 Å². The molecule has 0 radical (unpaired) electrons. The van der Waals surface area contributed by atoms with Crippen molar-refractivity contribution in [3.8, 4) is 0 Å². The summed E-state index contributed by atoms with van der Waals surface area (Å²) in [5.41, 5.74) is 6.17. The van der Waals surface area contributed by atoms with E-state index in [1.807, 2.05) is 7.05 Å². The molecule has 0 aliphatic heterocycles. The third-order valence-corrected chi connectivity index (χ3v) is 3.10. The molecule has 0 fully saturated rings. The molecule has 0 aliphatic carbocycles. The van der Waals surface area contributed by atoms with E-state index in [0.717, 1.165) is 32.0 Å². The summed E-state index contributed by atoms with van der Waals surface area (Å²) in [7, 11) is 2.02. The molecule has 0 aliphatic rings. The molecule has 1 atom stereocenters. The third kappa shape index (κ3) is 4.35. The molecular formula is C14H22F2N2. The maximum Gasteiger partial charge on any atom is 0.163 e. The number of unbranched alkanes of at least 4 members (excludes halogenated alkanes) is 1. The molecule has 1 rings (SSSR count). The zero-order valence-electron chi connectivity index (χ0n) is 11.1. The van der Waals surface area contributed by atoms with Gasteiger partial charge in [-0.2, -0.15) is 0 Å². The Labute approximate surface area is 108 Å². The fraction of sp³-hybridized carbons (Fsp3) is 0.571. The van der Waals surface area contributed by atoms with Gasteiger partial charge in [0.2, 0.25) is 0 Å². The first-order valence-electron chi connectivity index (χ1n) is 6.44. The van der Waals surface area contributed by atoms with Gasteiger partial charge in [-0.05, 0) is 39.0 Å². The van der Waals surface area contributed by atoms with Gasteiger partial charge in [-0.15, -0.1) is 0 Å². The Hall–Kier alpha value is -1.00. The molecule has 1 aromatic carbocycles. The van der Waals surface area contributed by atoms with Crippen LogP contribution in [0.2, 0.25) is 0 Å². The van der Waals surface area contributed by atoms with E-state index in [0.29, 0.717) is 6.42 Å². The minimum Gasteiger partial charge on any atom is -0.324 e. The summed E-state index contributed by atoms with van der Waals surface area (Å²) in [6.07, 6.45) is 2.91. The average molecular weight is 256 g/mol. The lowest BCUT2D eigenvalue weighted by molar-refractivity contribution is 0.312. The van der Waals surface area contributed by atoms with Crippen LogP contribution in [0.15, 0.2) is 18.2 Å². The summed E-state index contributed by atoms with van der Waals surface area (Å²) in [6, 6.07) is 3.70. The van der Waals surface area contributed by atoms with Gasteiger partial charge in [0, 0.05) is 11.6 Å². The summed E-state index contributed by atoms with van der Waals surface area (Å²) in [5, 5.41) is 0. The maximum absolute atomic E-state index is 13.5. The van der Waals surface area contributed by atoms with Gasteiger partial charge in [0.1, 0.15) is 0 Å². The van der Waals surface area contributed by atoms with Crippen molar-refractivity contribution in [2.75, 3.05) is 20.1 Å². The standard InChI is InChI=1S/C14H22F2N2/c1-3-4-9-18(2)10-8-13(17)11-6-5-7-12(15)14(11)16/h5-7,13H,3-4,8-10,17H2,1-2H3. The van der Waals surface area contributed by atoms with Crippen molar-refractivity contribution in [1.82, 2.24) is 4.90 Å². The molecule has 1 unspecified atom stereocenters. The number of hydrogen-bond acceptors (Lipinski definition) is 2. The molecule has 4 heteroatoms. The summed E-state index contributed by atoms with van der Waals surface area (Å²) < 4.78 is 26.6. The quantitative estimate of drug-likeness (QED) is 0.812. The highest BCUT2D eigenvalue weighted by Gasteiger charge is 2.14. The molecule has 2 N–H and O–H groups in total. The average Bonchev–Trinajstić information content (AvgIpc) is 2.36. The van der Waals surface area contributed by atoms with Crippen LogP contribution in [-0.2, 0) is 0 Å². The Morgan fingerprint density at radius 3 is 2.67 bits per heavy atom. The van der Waals surface area contributed by atoms with Crippen LogP contribution in [0.5, 0.6) is 0 Å². The van der Waals surface area contributed by atoms with Crippen molar-refractivity contribution >= 4 is 0 Å². The fourth-order valence-electron chi connectivity index (χ4n) is 1.86. The van der Waals surface area contributed by atoms with Gasteiger partial charge in [0.15, 0.2) is 11.6 Å². The third-order valence-electron chi connectivity index (χ3n) is 3.10. The summed E-state index contributed by atoms with van der Waals surface area (Å²) in [4.78, 5) is 2.17. The highest BCUT2D eigenvalue weighted by atomic mass is 19.2. The Morgan fingerprint density at radius 1 is 1.28 bits per heavy atom. The second-order valence-electron chi connectivity index (χ2n) is 4.70. The van der Waals surface area contributed by atoms with E-state index in [2.05, 4.69) is 11.8 Å². The molecule has 2 nitrogen and oxygen atoms in total. The highest BCUT2D eigenvalue weighted by Crippen LogP contribution is 2.20. The maximum atomic E-state index is 13.5. The predicted molar refractivity (Wildman–Crippen MR) is 70.3 cm³/mol. The Bertz CT molecular complexity index is 369. The first kappa shape index (κ1) is 15.1. The lowest BCUT2D eigenvalue weighted by atomic mass is 10.0. The second kappa shape index (κ2) is 7.44. The lowest BCUT2D eigenvalue weighted by Crippen LogP contribution is -2.25. The van der Waals surface area contributed by atoms with Gasteiger partial charge in [-0.1, -0.05) is 25.5 Å². The molecule has 18 heavy (non-hydrogen) atoms. The van der Waals surface area contributed by atoms with Crippen molar-refractivity contribution in [3.05, 3.63) is 35.4 Å². The fourth-order valence-corrected chi connectivity index (χ4v) is 1.86. The lowest BCUT2D eigenvalue weighted by Gasteiger charge is -2.19. The minimum atomic E-state index is -0.831. The number of benzene rings is 1. The van der Waals surface area contributed by atoms with E-state index in [1.165, 1.54) is 6.07 Å². The monoisotopic (exact) mass is 256 g/mol. The normalized spacial score (nSPS) is 13.0. The topological polar surface area (TPSA) is 29.3 Å². The zero-order valence-corrected chi connectivity index (χ0v) is 11.1. The van der Waals surface area contributed by atoms with Crippen LogP contribution in [0.1, 0.15) is 37.8 Å². The van der Waals surface area contributed by atoms with Crippen LogP contribution < -0.4 is 5.73 Å². The molecule has 0 aromatic heterocycles. The number of hydrogen-bond donors (Lipinski definition) is 1. The Morgan fingerprint density at radius 2 is 2.00 bits per heavy atom. The van der Waals surface area contributed by atoms with Gasteiger partial charge >= 0.3 is 0 Å². The molecule has 102 valence electrons. The molecule has 1 aromatic rings. The first-order chi connectivity index (χ1) is 8.56. The van der Waals surface area contributed by atoms with Gasteiger partial charge < -0.3 is 10.6 Å². The summed E-state index contributed by atoms with van der Waals surface area (Å²) in [5.74, 6) is -1.65. The zero-order chi connectivity index (χ0) is 13.5. The van der Waals surface area contributed by atoms with Gasteiger partial charge in [-0.25, -0.2) is 8.78 Å².